The van der Waals surface area contributed by atoms with Gasteiger partial charge in [0.05, 0.1) is 24.1 Å². The van der Waals surface area contributed by atoms with Crippen molar-refractivity contribution in [2.75, 3.05) is 0 Å². The van der Waals surface area contributed by atoms with E-state index < -0.39 is 10.0 Å². The molecule has 2 aromatic rings. The van der Waals surface area contributed by atoms with Gasteiger partial charge in [0.25, 0.3) is 10.0 Å². The highest BCUT2D eigenvalue weighted by atomic mass is 32.2. The van der Waals surface area contributed by atoms with Crippen molar-refractivity contribution < 1.29 is 8.42 Å². The zero-order chi connectivity index (χ0) is 14.2. The van der Waals surface area contributed by atoms with Crippen LogP contribution in [-0.2, 0) is 23.0 Å². The van der Waals surface area contributed by atoms with Crippen LogP contribution < -0.4 is 4.72 Å². The van der Waals surface area contributed by atoms with Gasteiger partial charge in [-0.05, 0) is 18.9 Å². The normalized spacial score (nSPS) is 15.7. The van der Waals surface area contributed by atoms with E-state index in [1.807, 2.05) is 13.0 Å². The Labute approximate surface area is 117 Å². The van der Waals surface area contributed by atoms with Gasteiger partial charge in [0.15, 0.2) is 5.03 Å². The molecule has 1 saturated carbocycles. The van der Waals surface area contributed by atoms with Gasteiger partial charge in [0.1, 0.15) is 5.82 Å². The number of aromatic amines is 2. The van der Waals surface area contributed by atoms with Crippen molar-refractivity contribution >= 4 is 10.0 Å². The van der Waals surface area contributed by atoms with Gasteiger partial charge in [-0.1, -0.05) is 6.92 Å². The zero-order valence-corrected chi connectivity index (χ0v) is 12.0. The molecular weight excluding hydrogens is 278 g/mol. The fraction of sp³-hybridized carbons (Fsp3) is 0.500. The van der Waals surface area contributed by atoms with E-state index >= 15 is 0 Å². The van der Waals surface area contributed by atoms with Crippen LogP contribution in [0.5, 0.6) is 0 Å². The Morgan fingerprint density at radius 2 is 2.25 bits per heavy atom. The first-order valence-electron chi connectivity index (χ1n) is 6.66. The van der Waals surface area contributed by atoms with E-state index in [9.17, 15) is 8.42 Å². The molecule has 108 valence electrons. The standard InChI is InChI=1S/C12H17N5O2S/c1-2-11-13-7-12(15-11)20(18,19)14-6-9-5-10(17-16-9)8-3-4-8/h5,7-8,14H,2-4,6H2,1H3,(H,13,15)(H,16,17). The Balaban J connectivity index is 1.66. The maximum Gasteiger partial charge on any atom is 0.257 e. The largest absolute Gasteiger partial charge is 0.332 e. The zero-order valence-electron chi connectivity index (χ0n) is 11.2. The van der Waals surface area contributed by atoms with Gasteiger partial charge in [0, 0.05) is 12.3 Å². The fourth-order valence-corrected chi connectivity index (χ4v) is 2.91. The highest BCUT2D eigenvalue weighted by molar-refractivity contribution is 7.89. The minimum Gasteiger partial charge on any atom is -0.332 e. The first-order valence-corrected chi connectivity index (χ1v) is 8.14. The molecule has 0 bridgehead atoms. The van der Waals surface area contributed by atoms with E-state index in [1.54, 1.807) is 0 Å². The number of hydrogen-bond acceptors (Lipinski definition) is 4. The lowest BCUT2D eigenvalue weighted by Gasteiger charge is -2.02. The molecule has 8 heteroatoms. The summed E-state index contributed by atoms with van der Waals surface area (Å²) in [6.45, 7) is 2.11. The molecule has 20 heavy (non-hydrogen) atoms. The molecule has 7 nitrogen and oxygen atoms in total. The predicted molar refractivity (Wildman–Crippen MR) is 72.6 cm³/mol. The summed E-state index contributed by atoms with van der Waals surface area (Å²) < 4.78 is 26.7. The van der Waals surface area contributed by atoms with Crippen molar-refractivity contribution in [3.63, 3.8) is 0 Å². The second-order valence-corrected chi connectivity index (χ2v) is 6.70. The number of nitrogens with one attached hydrogen (secondary N) is 3. The molecule has 0 unspecified atom stereocenters. The van der Waals surface area contributed by atoms with Crippen LogP contribution >= 0.6 is 0 Å². The van der Waals surface area contributed by atoms with Gasteiger partial charge in [-0.25, -0.2) is 18.1 Å². The first kappa shape index (κ1) is 13.3. The van der Waals surface area contributed by atoms with Crippen molar-refractivity contribution in [3.8, 4) is 0 Å². The van der Waals surface area contributed by atoms with Crippen molar-refractivity contribution in [1.29, 1.82) is 0 Å². The molecule has 0 spiro atoms. The van der Waals surface area contributed by atoms with Crippen LogP contribution in [0.1, 0.15) is 42.9 Å². The number of nitrogens with zero attached hydrogens (tertiary/aromatic N) is 2. The molecule has 0 saturated heterocycles. The number of imidazole rings is 1. The Hall–Kier alpha value is -1.67. The van der Waals surface area contributed by atoms with E-state index in [-0.39, 0.29) is 11.6 Å². The molecular formula is C12H17N5O2S. The second-order valence-electron chi connectivity index (χ2n) is 4.96. The van der Waals surface area contributed by atoms with Crippen LogP contribution in [0.15, 0.2) is 17.3 Å². The van der Waals surface area contributed by atoms with E-state index in [1.165, 1.54) is 19.0 Å². The summed E-state index contributed by atoms with van der Waals surface area (Å²) in [5, 5.41) is 7.15. The Morgan fingerprint density at radius 3 is 2.90 bits per heavy atom. The lowest BCUT2D eigenvalue weighted by molar-refractivity contribution is 0.577. The molecule has 0 radical (unpaired) electrons. The van der Waals surface area contributed by atoms with E-state index in [2.05, 4.69) is 24.9 Å². The molecule has 3 N–H and O–H groups in total. The maximum atomic E-state index is 12.1. The van der Waals surface area contributed by atoms with Gasteiger partial charge in [-0.3, -0.25) is 5.10 Å². The van der Waals surface area contributed by atoms with E-state index in [4.69, 9.17) is 0 Å². The summed E-state index contributed by atoms with van der Waals surface area (Å²) in [6.07, 6.45) is 4.35. The lowest BCUT2D eigenvalue weighted by atomic mass is 10.3. The minimum absolute atomic E-state index is 0.0938. The van der Waals surface area contributed by atoms with Crippen LogP contribution in [0.3, 0.4) is 0 Å². The molecule has 2 aromatic heterocycles. The number of aryl methyl sites for hydroxylation is 1. The third-order valence-electron chi connectivity index (χ3n) is 3.33. The number of hydrogen-bond donors (Lipinski definition) is 3. The summed E-state index contributed by atoms with van der Waals surface area (Å²) in [7, 11) is -3.56. The quantitative estimate of drug-likeness (QED) is 0.741. The lowest BCUT2D eigenvalue weighted by Crippen LogP contribution is -2.23. The predicted octanol–water partition coefficient (Wildman–Crippen LogP) is 1.05. The Kier molecular flexibility index (Phi) is 3.35. The second kappa shape index (κ2) is 5.02. The Morgan fingerprint density at radius 1 is 1.45 bits per heavy atom. The average Bonchev–Trinajstić information content (AvgIpc) is 2.99. The summed E-state index contributed by atoms with van der Waals surface area (Å²) in [4.78, 5) is 6.78. The molecule has 0 atom stereocenters. The molecule has 3 rings (SSSR count). The summed E-state index contributed by atoms with van der Waals surface area (Å²) in [5.41, 5.74) is 1.79. The molecule has 1 aliphatic rings. The highest BCUT2D eigenvalue weighted by Gasteiger charge is 2.26. The molecule has 0 aromatic carbocycles. The third kappa shape index (κ3) is 2.75. The highest BCUT2D eigenvalue weighted by Crippen LogP contribution is 2.38. The topological polar surface area (TPSA) is 104 Å². The van der Waals surface area contributed by atoms with Crippen molar-refractivity contribution in [2.45, 2.75) is 43.7 Å². The van der Waals surface area contributed by atoms with Crippen LogP contribution in [0, 0.1) is 0 Å². The first-order chi connectivity index (χ1) is 9.58. The summed E-state index contributed by atoms with van der Waals surface area (Å²) >= 11 is 0. The van der Waals surface area contributed by atoms with E-state index in [0.29, 0.717) is 18.2 Å². The number of sulfonamides is 1. The summed E-state index contributed by atoms with van der Waals surface area (Å²) in [6, 6.07) is 1.92. The van der Waals surface area contributed by atoms with Crippen LogP contribution in [0.25, 0.3) is 0 Å². The SMILES string of the molecule is CCc1ncc(S(=O)(=O)NCc2cc(C3CC3)n[nH]2)[nH]1. The smallest absolute Gasteiger partial charge is 0.257 e. The van der Waals surface area contributed by atoms with Crippen molar-refractivity contribution in [1.82, 2.24) is 24.9 Å². The van der Waals surface area contributed by atoms with Crippen LogP contribution in [0.4, 0.5) is 0 Å². The molecule has 2 heterocycles. The van der Waals surface area contributed by atoms with Gasteiger partial charge >= 0.3 is 0 Å². The minimum atomic E-state index is -3.56. The van der Waals surface area contributed by atoms with Crippen LogP contribution in [-0.4, -0.2) is 28.6 Å². The van der Waals surface area contributed by atoms with Gasteiger partial charge in [0.2, 0.25) is 0 Å². The maximum absolute atomic E-state index is 12.1. The molecule has 0 aliphatic heterocycles. The van der Waals surface area contributed by atoms with Gasteiger partial charge in [-0.2, -0.15) is 5.10 Å². The third-order valence-corrected chi connectivity index (χ3v) is 4.64. The average molecular weight is 295 g/mol. The number of aromatic nitrogens is 4. The summed E-state index contributed by atoms with van der Waals surface area (Å²) in [5.74, 6) is 1.21. The van der Waals surface area contributed by atoms with Crippen molar-refractivity contribution in [3.05, 3.63) is 29.5 Å². The Bertz CT molecular complexity index is 699. The van der Waals surface area contributed by atoms with Crippen LogP contribution in [0.2, 0.25) is 0 Å². The fourth-order valence-electron chi connectivity index (χ4n) is 1.97. The van der Waals surface area contributed by atoms with Gasteiger partial charge in [-0.15, -0.1) is 0 Å². The number of H-pyrrole nitrogens is 2. The number of rotatable bonds is 6. The van der Waals surface area contributed by atoms with E-state index in [0.717, 1.165) is 11.4 Å². The van der Waals surface area contributed by atoms with Crippen molar-refractivity contribution in [2.24, 2.45) is 0 Å². The van der Waals surface area contributed by atoms with Gasteiger partial charge < -0.3 is 4.98 Å². The molecule has 1 fully saturated rings. The molecule has 0 amide bonds. The molecule has 1 aliphatic carbocycles. The monoisotopic (exact) mass is 295 g/mol.